The Morgan fingerprint density at radius 2 is 1.83 bits per heavy atom. The van der Waals surface area contributed by atoms with Crippen LogP contribution in [0.4, 0.5) is 5.69 Å². The molecule has 3 aromatic rings. The first-order valence-corrected chi connectivity index (χ1v) is 11.3. The molecule has 1 amide bonds. The highest BCUT2D eigenvalue weighted by molar-refractivity contribution is 7.92. The number of rotatable bonds is 5. The smallest absolute Gasteiger partial charge is 0.310 e. The van der Waals surface area contributed by atoms with Gasteiger partial charge < -0.3 is 4.42 Å². The Balaban J connectivity index is 1.76. The molecular formula is C22H21N3O4S. The number of nitrogens with zero attached hydrogens (tertiary/aromatic N) is 2. The van der Waals surface area contributed by atoms with Crippen LogP contribution in [0.5, 0.6) is 0 Å². The number of anilines is 1. The molecule has 30 heavy (non-hydrogen) atoms. The molecule has 0 unspecified atom stereocenters. The van der Waals surface area contributed by atoms with Gasteiger partial charge in [-0.3, -0.25) is 9.52 Å². The average Bonchev–Trinajstić information content (AvgIpc) is 3.38. The van der Waals surface area contributed by atoms with Gasteiger partial charge in [-0.1, -0.05) is 48.0 Å². The van der Waals surface area contributed by atoms with E-state index in [1.807, 2.05) is 37.3 Å². The zero-order valence-corrected chi connectivity index (χ0v) is 17.4. The van der Waals surface area contributed by atoms with E-state index < -0.39 is 10.0 Å². The summed E-state index contributed by atoms with van der Waals surface area (Å²) in [5, 5.41) is 6.00. The van der Waals surface area contributed by atoms with Crippen LogP contribution >= 0.6 is 0 Å². The van der Waals surface area contributed by atoms with E-state index in [1.165, 1.54) is 11.3 Å². The van der Waals surface area contributed by atoms with Gasteiger partial charge >= 0.3 is 5.91 Å². The number of hydrazone groups is 1. The van der Waals surface area contributed by atoms with Crippen molar-refractivity contribution in [2.75, 3.05) is 11.0 Å². The van der Waals surface area contributed by atoms with Crippen LogP contribution in [-0.4, -0.2) is 31.3 Å². The van der Waals surface area contributed by atoms with E-state index in [4.69, 9.17) is 4.42 Å². The van der Waals surface area contributed by atoms with Crippen LogP contribution in [0.2, 0.25) is 0 Å². The quantitative estimate of drug-likeness (QED) is 0.673. The summed E-state index contributed by atoms with van der Waals surface area (Å²) in [4.78, 5) is 13.1. The van der Waals surface area contributed by atoms with E-state index in [1.54, 1.807) is 30.3 Å². The number of benzene rings is 2. The molecule has 0 saturated carbocycles. The Hall–Kier alpha value is -3.39. The largest absolute Gasteiger partial charge is 0.459 e. The standard InChI is InChI=1S/C22H21N3O4S/c1-15-9-11-16(12-10-15)20-14-19(23-25(20)22(26)21-8-5-13-29-21)17-6-3-4-7-18(17)24-30(2,27)28/h3-13,20,24H,14H2,1-2H3/t20-/m1/s1. The van der Waals surface area contributed by atoms with Gasteiger partial charge in [0, 0.05) is 12.0 Å². The summed E-state index contributed by atoms with van der Waals surface area (Å²) in [6.45, 7) is 2.00. The van der Waals surface area contributed by atoms with Crippen molar-refractivity contribution in [1.82, 2.24) is 5.01 Å². The van der Waals surface area contributed by atoms with Crippen LogP contribution in [0.1, 0.15) is 39.7 Å². The number of aryl methyl sites for hydroxylation is 1. The van der Waals surface area contributed by atoms with Crippen LogP contribution in [0.15, 0.2) is 76.4 Å². The summed E-state index contributed by atoms with van der Waals surface area (Å²) in [7, 11) is -3.47. The zero-order valence-electron chi connectivity index (χ0n) is 16.6. The fraction of sp³-hybridized carbons (Fsp3) is 0.182. The fourth-order valence-electron chi connectivity index (χ4n) is 3.45. The Morgan fingerprint density at radius 3 is 2.50 bits per heavy atom. The molecule has 0 bridgehead atoms. The highest BCUT2D eigenvalue weighted by Crippen LogP contribution is 2.35. The molecule has 1 atom stereocenters. The first kappa shape index (κ1) is 19.9. The van der Waals surface area contributed by atoms with Crippen LogP contribution < -0.4 is 4.72 Å². The second kappa shape index (κ2) is 7.79. The molecule has 8 heteroatoms. The molecule has 4 rings (SSSR count). The van der Waals surface area contributed by atoms with E-state index in [2.05, 4.69) is 9.82 Å². The van der Waals surface area contributed by atoms with E-state index in [0.29, 0.717) is 23.4 Å². The Morgan fingerprint density at radius 1 is 1.10 bits per heavy atom. The molecule has 1 N–H and O–H groups in total. The number of carbonyl (C=O) groups excluding carboxylic acids is 1. The van der Waals surface area contributed by atoms with E-state index in [-0.39, 0.29) is 17.7 Å². The Labute approximate surface area is 175 Å². The maximum absolute atomic E-state index is 13.1. The van der Waals surface area contributed by atoms with Crippen molar-refractivity contribution < 1.29 is 17.6 Å². The minimum Gasteiger partial charge on any atom is -0.459 e. The van der Waals surface area contributed by atoms with Crippen LogP contribution in [-0.2, 0) is 10.0 Å². The van der Waals surface area contributed by atoms with Crippen molar-refractivity contribution in [2.45, 2.75) is 19.4 Å². The zero-order chi connectivity index (χ0) is 21.3. The van der Waals surface area contributed by atoms with Crippen molar-refractivity contribution in [3.63, 3.8) is 0 Å². The summed E-state index contributed by atoms with van der Waals surface area (Å²) >= 11 is 0. The maximum atomic E-state index is 13.1. The summed E-state index contributed by atoms with van der Waals surface area (Å²) in [6, 6.07) is 17.9. The minimum atomic E-state index is -3.47. The van der Waals surface area contributed by atoms with Crippen molar-refractivity contribution in [3.8, 4) is 0 Å². The SMILES string of the molecule is Cc1ccc([C@H]2CC(c3ccccc3NS(C)(=O)=O)=NN2C(=O)c2ccco2)cc1. The molecular weight excluding hydrogens is 402 g/mol. The molecule has 0 saturated heterocycles. The van der Waals surface area contributed by atoms with Gasteiger partial charge in [-0.05, 0) is 30.7 Å². The molecule has 0 fully saturated rings. The molecule has 154 valence electrons. The molecule has 0 aliphatic carbocycles. The van der Waals surface area contributed by atoms with E-state index in [0.717, 1.165) is 17.4 Å². The lowest BCUT2D eigenvalue weighted by Crippen LogP contribution is -2.26. The Kier molecular flexibility index (Phi) is 5.17. The van der Waals surface area contributed by atoms with Gasteiger partial charge in [-0.15, -0.1) is 0 Å². The predicted octanol–water partition coefficient (Wildman–Crippen LogP) is 3.95. The monoisotopic (exact) mass is 423 g/mol. The second-order valence-electron chi connectivity index (χ2n) is 7.22. The summed E-state index contributed by atoms with van der Waals surface area (Å²) in [6.07, 6.45) is 2.99. The normalized spacial score (nSPS) is 16.4. The highest BCUT2D eigenvalue weighted by Gasteiger charge is 2.35. The summed E-state index contributed by atoms with van der Waals surface area (Å²) < 4.78 is 31.4. The highest BCUT2D eigenvalue weighted by atomic mass is 32.2. The number of nitrogens with one attached hydrogen (secondary N) is 1. The maximum Gasteiger partial charge on any atom is 0.310 e. The van der Waals surface area contributed by atoms with E-state index >= 15 is 0 Å². The van der Waals surface area contributed by atoms with Gasteiger partial charge in [-0.2, -0.15) is 5.10 Å². The molecule has 1 aliphatic rings. The molecule has 1 aliphatic heterocycles. The van der Waals surface area contributed by atoms with Crippen LogP contribution in [0.3, 0.4) is 0 Å². The third-order valence-corrected chi connectivity index (χ3v) is 5.44. The van der Waals surface area contributed by atoms with Gasteiger partial charge in [0.2, 0.25) is 10.0 Å². The van der Waals surface area contributed by atoms with Crippen LogP contribution in [0.25, 0.3) is 0 Å². The van der Waals surface area contributed by atoms with Gasteiger partial charge in [0.15, 0.2) is 5.76 Å². The third-order valence-electron chi connectivity index (χ3n) is 4.85. The van der Waals surface area contributed by atoms with Gasteiger partial charge in [0.1, 0.15) is 0 Å². The van der Waals surface area contributed by atoms with E-state index in [9.17, 15) is 13.2 Å². The average molecular weight is 423 g/mol. The number of amides is 1. The number of carbonyl (C=O) groups is 1. The lowest BCUT2D eigenvalue weighted by Gasteiger charge is -2.21. The summed E-state index contributed by atoms with van der Waals surface area (Å²) in [5.74, 6) is -0.159. The van der Waals surface area contributed by atoms with Crippen molar-refractivity contribution in [2.24, 2.45) is 5.10 Å². The second-order valence-corrected chi connectivity index (χ2v) is 8.97. The van der Waals surface area contributed by atoms with Gasteiger partial charge in [0.25, 0.3) is 0 Å². The first-order chi connectivity index (χ1) is 14.3. The molecule has 2 aromatic carbocycles. The first-order valence-electron chi connectivity index (χ1n) is 9.40. The lowest BCUT2D eigenvalue weighted by atomic mass is 9.97. The van der Waals surface area contributed by atoms with Crippen molar-refractivity contribution in [3.05, 3.63) is 89.4 Å². The molecule has 1 aromatic heterocycles. The number of hydrogen-bond acceptors (Lipinski definition) is 5. The Bertz CT molecular complexity index is 1200. The molecule has 0 spiro atoms. The number of hydrogen-bond donors (Lipinski definition) is 1. The molecule has 0 radical (unpaired) electrons. The van der Waals surface area contributed by atoms with Gasteiger partial charge in [0.05, 0.1) is 30.0 Å². The third kappa shape index (κ3) is 4.13. The number of furan rings is 1. The molecule has 7 nitrogen and oxygen atoms in total. The van der Waals surface area contributed by atoms with Crippen molar-refractivity contribution in [1.29, 1.82) is 0 Å². The summed E-state index contributed by atoms with van der Waals surface area (Å²) in [5.41, 5.74) is 3.73. The van der Waals surface area contributed by atoms with Crippen molar-refractivity contribution >= 4 is 27.3 Å². The number of sulfonamides is 1. The van der Waals surface area contributed by atoms with Gasteiger partial charge in [-0.25, -0.2) is 13.4 Å². The predicted molar refractivity (Wildman–Crippen MR) is 115 cm³/mol. The number of para-hydroxylation sites is 1. The molecule has 2 heterocycles. The topological polar surface area (TPSA) is 92.0 Å². The lowest BCUT2D eigenvalue weighted by molar-refractivity contribution is 0.0678. The minimum absolute atomic E-state index is 0.194. The van der Waals surface area contributed by atoms with Crippen LogP contribution in [0, 0.1) is 6.92 Å². The fourth-order valence-corrected chi connectivity index (χ4v) is 4.02.